The number of alkyl halides is 2. The highest BCUT2D eigenvalue weighted by atomic mass is 32.1. The zero-order valence-electron chi connectivity index (χ0n) is 13.5. The molecule has 0 unspecified atom stereocenters. The molecule has 0 saturated carbocycles. The Morgan fingerprint density at radius 2 is 1.75 bits per heavy atom. The average Bonchev–Trinajstić information content (AvgIpc) is 2.49. The van der Waals surface area contributed by atoms with Crippen molar-refractivity contribution in [2.75, 3.05) is 17.7 Å². The number of ether oxygens (including phenoxy) is 2. The minimum absolute atomic E-state index is 0.104. The van der Waals surface area contributed by atoms with Crippen LogP contribution in [0.5, 0.6) is 11.5 Å². The third-order valence-corrected chi connectivity index (χ3v) is 3.48. The van der Waals surface area contributed by atoms with Crippen LogP contribution in [0.3, 0.4) is 0 Å². The van der Waals surface area contributed by atoms with E-state index in [1.165, 1.54) is 12.1 Å². The van der Waals surface area contributed by atoms with Gasteiger partial charge in [0.25, 0.3) is 0 Å². The number of methoxy groups -OCH3 is 1. The highest BCUT2D eigenvalue weighted by Gasteiger charge is 2.09. The molecule has 0 heterocycles. The van der Waals surface area contributed by atoms with Crippen LogP contribution >= 0.6 is 12.2 Å². The maximum absolute atomic E-state index is 12.2. The summed E-state index contributed by atoms with van der Waals surface area (Å²) in [6.45, 7) is 0.892. The van der Waals surface area contributed by atoms with Crippen LogP contribution in [0.4, 0.5) is 20.2 Å². The largest absolute Gasteiger partial charge is 0.495 e. The van der Waals surface area contributed by atoms with Crippen LogP contribution in [0.2, 0.25) is 0 Å². The smallest absolute Gasteiger partial charge is 0.387 e. The van der Waals surface area contributed by atoms with Crippen molar-refractivity contribution in [2.45, 2.75) is 20.5 Å². The van der Waals surface area contributed by atoms with Crippen molar-refractivity contribution in [3.05, 3.63) is 47.5 Å². The van der Waals surface area contributed by atoms with E-state index < -0.39 is 6.61 Å². The number of benzene rings is 2. The lowest BCUT2D eigenvalue weighted by Crippen LogP contribution is -2.20. The van der Waals surface area contributed by atoms with Crippen molar-refractivity contribution in [3.8, 4) is 11.5 Å². The van der Waals surface area contributed by atoms with Gasteiger partial charge in [0, 0.05) is 5.69 Å². The van der Waals surface area contributed by atoms with Gasteiger partial charge in [-0.25, -0.2) is 0 Å². The van der Waals surface area contributed by atoms with Gasteiger partial charge in [-0.15, -0.1) is 0 Å². The monoisotopic (exact) mass is 352 g/mol. The number of hydrogen-bond acceptors (Lipinski definition) is 3. The van der Waals surface area contributed by atoms with E-state index >= 15 is 0 Å². The first-order chi connectivity index (χ1) is 11.4. The Balaban J connectivity index is 2.09. The van der Waals surface area contributed by atoms with Gasteiger partial charge >= 0.3 is 6.61 Å². The number of rotatable bonds is 5. The zero-order chi connectivity index (χ0) is 17.7. The van der Waals surface area contributed by atoms with Crippen molar-refractivity contribution in [1.29, 1.82) is 0 Å². The molecular weight excluding hydrogens is 334 g/mol. The molecule has 0 spiro atoms. The van der Waals surface area contributed by atoms with Crippen LogP contribution in [0.25, 0.3) is 0 Å². The van der Waals surface area contributed by atoms with E-state index in [1.807, 2.05) is 25.1 Å². The Labute approximate surface area is 144 Å². The highest BCUT2D eigenvalue weighted by Crippen LogP contribution is 2.26. The number of anilines is 2. The molecule has 7 heteroatoms. The van der Waals surface area contributed by atoms with Crippen LogP contribution < -0.4 is 20.1 Å². The van der Waals surface area contributed by atoms with Gasteiger partial charge in [0.1, 0.15) is 11.5 Å². The topological polar surface area (TPSA) is 42.5 Å². The number of nitrogens with one attached hydrogen (secondary N) is 2. The Bertz CT molecular complexity index is 739. The van der Waals surface area contributed by atoms with Crippen LogP contribution in [0, 0.1) is 13.8 Å². The molecule has 0 saturated heterocycles. The van der Waals surface area contributed by atoms with Gasteiger partial charge < -0.3 is 20.1 Å². The SMILES string of the molecule is COc1ccc(C)cc1NC(=S)Nc1ccc(OC(F)F)cc1C. The second-order valence-corrected chi connectivity index (χ2v) is 5.55. The molecule has 2 rings (SSSR count). The second-order valence-electron chi connectivity index (χ2n) is 5.14. The van der Waals surface area contributed by atoms with Gasteiger partial charge in [0.2, 0.25) is 0 Å². The summed E-state index contributed by atoms with van der Waals surface area (Å²) in [6.07, 6.45) is 0. The molecule has 0 aromatic heterocycles. The standard InChI is InChI=1S/C17H18F2N2O2S/c1-10-4-7-15(22-3)14(8-10)21-17(24)20-13-6-5-12(9-11(13)2)23-16(18)19/h4-9,16H,1-3H3,(H2,20,21,24). The Morgan fingerprint density at radius 3 is 2.38 bits per heavy atom. The number of thiocarbonyl (C=S) groups is 1. The predicted octanol–water partition coefficient (Wildman–Crippen LogP) is 4.72. The van der Waals surface area contributed by atoms with Crippen LogP contribution in [-0.2, 0) is 0 Å². The van der Waals surface area contributed by atoms with Crippen molar-refractivity contribution in [1.82, 2.24) is 0 Å². The fourth-order valence-corrected chi connectivity index (χ4v) is 2.37. The van der Waals surface area contributed by atoms with Gasteiger partial charge in [-0.2, -0.15) is 8.78 Å². The molecule has 4 nitrogen and oxygen atoms in total. The van der Waals surface area contributed by atoms with Gasteiger partial charge in [0.15, 0.2) is 5.11 Å². The van der Waals surface area contributed by atoms with E-state index in [4.69, 9.17) is 17.0 Å². The lowest BCUT2D eigenvalue weighted by molar-refractivity contribution is -0.0498. The lowest BCUT2D eigenvalue weighted by atomic mass is 10.2. The molecule has 2 aromatic carbocycles. The molecule has 2 N–H and O–H groups in total. The highest BCUT2D eigenvalue weighted by molar-refractivity contribution is 7.80. The van der Waals surface area contributed by atoms with Crippen molar-refractivity contribution < 1.29 is 18.3 Å². The molecular formula is C17H18F2N2O2S. The maximum atomic E-state index is 12.2. The normalized spacial score (nSPS) is 10.4. The minimum atomic E-state index is -2.85. The lowest BCUT2D eigenvalue weighted by Gasteiger charge is -2.16. The van der Waals surface area contributed by atoms with E-state index in [-0.39, 0.29) is 5.75 Å². The van der Waals surface area contributed by atoms with E-state index in [2.05, 4.69) is 15.4 Å². The summed E-state index contributed by atoms with van der Waals surface area (Å²) in [5, 5.41) is 6.47. The quantitative estimate of drug-likeness (QED) is 0.762. The summed E-state index contributed by atoms with van der Waals surface area (Å²) < 4.78 is 34.1. The Hall–Kier alpha value is -2.41. The van der Waals surface area contributed by atoms with Gasteiger partial charge in [0.05, 0.1) is 12.8 Å². The van der Waals surface area contributed by atoms with Crippen molar-refractivity contribution in [3.63, 3.8) is 0 Å². The van der Waals surface area contributed by atoms with Crippen molar-refractivity contribution >= 4 is 28.7 Å². The van der Waals surface area contributed by atoms with Crippen LogP contribution in [0.1, 0.15) is 11.1 Å². The zero-order valence-corrected chi connectivity index (χ0v) is 14.3. The fourth-order valence-electron chi connectivity index (χ4n) is 2.15. The molecule has 0 atom stereocenters. The Kier molecular flexibility index (Phi) is 5.92. The van der Waals surface area contributed by atoms with Crippen LogP contribution in [0.15, 0.2) is 36.4 Å². The van der Waals surface area contributed by atoms with Gasteiger partial charge in [-0.3, -0.25) is 0 Å². The van der Waals surface area contributed by atoms with E-state index in [0.717, 1.165) is 16.8 Å². The summed E-state index contributed by atoms with van der Waals surface area (Å²) >= 11 is 5.30. The number of halogens is 2. The molecule has 128 valence electrons. The second kappa shape index (κ2) is 7.92. The van der Waals surface area contributed by atoms with E-state index in [1.54, 1.807) is 20.1 Å². The summed E-state index contributed by atoms with van der Waals surface area (Å²) in [6, 6.07) is 10.3. The van der Waals surface area contributed by atoms with Gasteiger partial charge in [-0.05, 0) is 67.5 Å². The maximum Gasteiger partial charge on any atom is 0.387 e. The molecule has 0 amide bonds. The van der Waals surface area contributed by atoms with E-state index in [9.17, 15) is 8.78 Å². The fraction of sp³-hybridized carbons (Fsp3) is 0.235. The summed E-state index contributed by atoms with van der Waals surface area (Å²) in [4.78, 5) is 0. The molecule has 0 aliphatic rings. The number of aryl methyl sites for hydroxylation is 2. The molecule has 0 radical (unpaired) electrons. The molecule has 24 heavy (non-hydrogen) atoms. The summed E-state index contributed by atoms with van der Waals surface area (Å²) in [5.74, 6) is 0.773. The molecule has 0 fully saturated rings. The summed E-state index contributed by atoms with van der Waals surface area (Å²) in [7, 11) is 1.58. The Morgan fingerprint density at radius 1 is 1.04 bits per heavy atom. The number of hydrogen-bond donors (Lipinski definition) is 2. The first kappa shape index (κ1) is 17.9. The molecule has 0 aliphatic heterocycles. The average molecular weight is 352 g/mol. The van der Waals surface area contributed by atoms with Crippen molar-refractivity contribution in [2.24, 2.45) is 0 Å². The third-order valence-electron chi connectivity index (χ3n) is 3.27. The van der Waals surface area contributed by atoms with E-state index in [0.29, 0.717) is 16.5 Å². The first-order valence-corrected chi connectivity index (χ1v) is 7.58. The van der Waals surface area contributed by atoms with Crippen LogP contribution in [-0.4, -0.2) is 18.8 Å². The molecule has 2 aromatic rings. The molecule has 0 aliphatic carbocycles. The summed E-state index contributed by atoms with van der Waals surface area (Å²) in [5.41, 5.74) is 3.23. The van der Waals surface area contributed by atoms with Gasteiger partial charge in [-0.1, -0.05) is 6.07 Å². The first-order valence-electron chi connectivity index (χ1n) is 7.17. The predicted molar refractivity (Wildman–Crippen MR) is 95.4 cm³/mol. The minimum Gasteiger partial charge on any atom is -0.495 e. The molecule has 0 bridgehead atoms. The third kappa shape index (κ3) is 4.79.